The molecular weight excluding hydrogens is 258 g/mol. The van der Waals surface area contributed by atoms with Crippen molar-refractivity contribution in [2.24, 2.45) is 11.1 Å². The van der Waals surface area contributed by atoms with E-state index in [9.17, 15) is 14.4 Å². The Kier molecular flexibility index (Phi) is 2.65. The van der Waals surface area contributed by atoms with Crippen LogP contribution in [0.2, 0.25) is 0 Å². The minimum absolute atomic E-state index is 0.123. The molecule has 1 fully saturated rings. The van der Waals surface area contributed by atoms with E-state index in [0.29, 0.717) is 17.7 Å². The molecule has 1 aliphatic heterocycles. The molecule has 104 valence electrons. The number of hydrogen-bond donors (Lipinski definition) is 2. The number of carbonyl (C=O) groups is 3. The highest BCUT2D eigenvalue weighted by Crippen LogP contribution is 2.43. The lowest BCUT2D eigenvalue weighted by Gasteiger charge is -2.40. The Labute approximate surface area is 115 Å². The van der Waals surface area contributed by atoms with Gasteiger partial charge in [0.25, 0.3) is 11.8 Å². The van der Waals surface area contributed by atoms with Crippen LogP contribution in [0.5, 0.6) is 0 Å². The van der Waals surface area contributed by atoms with Gasteiger partial charge in [-0.05, 0) is 25.0 Å². The Bertz CT molecular complexity index is 629. The highest BCUT2D eigenvalue weighted by molar-refractivity contribution is 6.31. The first-order chi connectivity index (χ1) is 9.52. The summed E-state index contributed by atoms with van der Waals surface area (Å²) < 4.78 is 0. The maximum atomic E-state index is 12.5. The Morgan fingerprint density at radius 1 is 1.25 bits per heavy atom. The number of imide groups is 3. The van der Waals surface area contributed by atoms with Crippen molar-refractivity contribution in [3.8, 4) is 0 Å². The quantitative estimate of drug-likeness (QED) is 0.603. The number of fused-ring (bicyclic) bond motifs is 1. The lowest BCUT2D eigenvalue weighted by molar-refractivity contribution is -0.141. The molecule has 1 aromatic rings. The van der Waals surface area contributed by atoms with Crippen LogP contribution in [-0.4, -0.2) is 29.2 Å². The molecule has 3 rings (SSSR count). The zero-order valence-corrected chi connectivity index (χ0v) is 10.9. The van der Waals surface area contributed by atoms with Crippen LogP contribution < -0.4 is 11.5 Å². The molecule has 1 aromatic carbocycles. The van der Waals surface area contributed by atoms with E-state index < -0.39 is 23.1 Å². The summed E-state index contributed by atoms with van der Waals surface area (Å²) in [6.45, 7) is 0.148. The minimum Gasteiger partial charge on any atom is -0.398 e. The van der Waals surface area contributed by atoms with Crippen molar-refractivity contribution < 1.29 is 14.4 Å². The van der Waals surface area contributed by atoms with Crippen LogP contribution >= 0.6 is 0 Å². The zero-order valence-electron chi connectivity index (χ0n) is 10.9. The molecule has 0 aromatic heterocycles. The number of amides is 3. The van der Waals surface area contributed by atoms with Crippen LogP contribution in [0.1, 0.15) is 40.0 Å². The van der Waals surface area contributed by atoms with Gasteiger partial charge in [-0.25, -0.2) is 4.90 Å². The number of nitrogens with two attached hydrogens (primary N) is 2. The third kappa shape index (κ3) is 1.45. The molecule has 0 bridgehead atoms. The van der Waals surface area contributed by atoms with Crippen molar-refractivity contribution in [1.82, 2.24) is 4.90 Å². The molecule has 2 aliphatic rings. The average Bonchev–Trinajstić information content (AvgIpc) is 2.62. The van der Waals surface area contributed by atoms with Gasteiger partial charge in [0.1, 0.15) is 0 Å². The van der Waals surface area contributed by atoms with Gasteiger partial charge in [-0.3, -0.25) is 14.4 Å². The highest BCUT2D eigenvalue weighted by atomic mass is 16.2. The summed E-state index contributed by atoms with van der Waals surface area (Å²) in [6.07, 6.45) is 2.12. The Balaban J connectivity index is 2.02. The fraction of sp³-hybridized carbons (Fsp3) is 0.357. The third-order valence-corrected chi connectivity index (χ3v) is 4.31. The van der Waals surface area contributed by atoms with Gasteiger partial charge < -0.3 is 11.5 Å². The fourth-order valence-corrected chi connectivity index (χ4v) is 2.84. The molecule has 0 spiro atoms. The summed E-state index contributed by atoms with van der Waals surface area (Å²) in [6, 6.07) is 4.64. The highest BCUT2D eigenvalue weighted by Gasteiger charge is 2.51. The monoisotopic (exact) mass is 273 g/mol. The first-order valence-corrected chi connectivity index (χ1v) is 6.53. The van der Waals surface area contributed by atoms with Crippen LogP contribution in [0, 0.1) is 5.41 Å². The van der Waals surface area contributed by atoms with Crippen molar-refractivity contribution in [2.45, 2.75) is 19.3 Å². The molecular formula is C14H15N3O3. The molecule has 0 radical (unpaired) electrons. The van der Waals surface area contributed by atoms with Crippen molar-refractivity contribution in [1.29, 1.82) is 0 Å². The van der Waals surface area contributed by atoms with Crippen LogP contribution in [0.4, 0.5) is 5.69 Å². The molecule has 1 aliphatic carbocycles. The van der Waals surface area contributed by atoms with Gasteiger partial charge in [0, 0.05) is 12.2 Å². The maximum Gasteiger partial charge on any atom is 0.270 e. The van der Waals surface area contributed by atoms with Crippen LogP contribution in [0.3, 0.4) is 0 Å². The van der Waals surface area contributed by atoms with Crippen LogP contribution in [-0.2, 0) is 4.79 Å². The van der Waals surface area contributed by atoms with Gasteiger partial charge in [-0.1, -0.05) is 12.5 Å². The van der Waals surface area contributed by atoms with Gasteiger partial charge in [0.15, 0.2) is 0 Å². The van der Waals surface area contributed by atoms with Gasteiger partial charge in [0.05, 0.1) is 16.5 Å². The molecule has 0 unspecified atom stereocenters. The second-order valence-electron chi connectivity index (χ2n) is 5.36. The normalized spacial score (nSPS) is 19.8. The van der Waals surface area contributed by atoms with E-state index in [2.05, 4.69) is 0 Å². The van der Waals surface area contributed by atoms with E-state index >= 15 is 0 Å². The topological polar surface area (TPSA) is 106 Å². The smallest absolute Gasteiger partial charge is 0.270 e. The standard InChI is InChI=1S/C14H15N3O3/c15-7-14(5-2-6-14)13(20)17-11(18)8-3-1-4-9(16)10(8)12(17)19/h1,3-4H,2,5-7,15-16H2. The Morgan fingerprint density at radius 2 is 1.95 bits per heavy atom. The molecule has 1 saturated carbocycles. The van der Waals surface area contributed by atoms with E-state index in [0.717, 1.165) is 6.42 Å². The third-order valence-electron chi connectivity index (χ3n) is 4.31. The molecule has 3 amide bonds. The summed E-state index contributed by atoms with van der Waals surface area (Å²) in [5.74, 6) is -1.72. The van der Waals surface area contributed by atoms with Crippen molar-refractivity contribution in [3.05, 3.63) is 29.3 Å². The molecule has 6 heteroatoms. The second-order valence-corrected chi connectivity index (χ2v) is 5.36. The summed E-state index contributed by atoms with van der Waals surface area (Å²) in [5.41, 5.74) is 11.2. The summed E-state index contributed by atoms with van der Waals surface area (Å²) in [5, 5.41) is 0. The maximum absolute atomic E-state index is 12.5. The molecule has 20 heavy (non-hydrogen) atoms. The first-order valence-electron chi connectivity index (χ1n) is 6.53. The lowest BCUT2D eigenvalue weighted by Crippen LogP contribution is -2.53. The molecule has 6 nitrogen and oxygen atoms in total. The average molecular weight is 273 g/mol. The van der Waals surface area contributed by atoms with Crippen molar-refractivity contribution >= 4 is 23.4 Å². The number of anilines is 1. The predicted molar refractivity (Wildman–Crippen MR) is 71.7 cm³/mol. The minimum atomic E-state index is -0.762. The second kappa shape index (κ2) is 4.14. The number of carbonyl (C=O) groups excluding carboxylic acids is 3. The van der Waals surface area contributed by atoms with Crippen molar-refractivity contribution in [2.75, 3.05) is 12.3 Å². The van der Waals surface area contributed by atoms with E-state index in [4.69, 9.17) is 11.5 Å². The van der Waals surface area contributed by atoms with Gasteiger partial charge >= 0.3 is 0 Å². The molecule has 1 heterocycles. The number of nitrogen functional groups attached to an aromatic ring is 1. The van der Waals surface area contributed by atoms with Crippen LogP contribution in [0.15, 0.2) is 18.2 Å². The SMILES string of the molecule is NCC1(C(=O)N2C(=O)c3cccc(N)c3C2=O)CCC1. The Hall–Kier alpha value is -2.21. The fourth-order valence-electron chi connectivity index (χ4n) is 2.84. The van der Waals surface area contributed by atoms with Gasteiger partial charge in [0.2, 0.25) is 5.91 Å². The number of nitrogens with zero attached hydrogens (tertiary/aromatic N) is 1. The summed E-state index contributed by atoms with van der Waals surface area (Å²) in [7, 11) is 0. The van der Waals surface area contributed by atoms with E-state index in [1.54, 1.807) is 12.1 Å². The number of hydrogen-bond acceptors (Lipinski definition) is 5. The molecule has 0 atom stereocenters. The predicted octanol–water partition coefficient (Wildman–Crippen LogP) is 0.520. The van der Waals surface area contributed by atoms with Gasteiger partial charge in [-0.2, -0.15) is 0 Å². The molecule has 0 saturated heterocycles. The van der Waals surface area contributed by atoms with E-state index in [1.807, 2.05) is 0 Å². The van der Waals surface area contributed by atoms with Crippen LogP contribution in [0.25, 0.3) is 0 Å². The van der Waals surface area contributed by atoms with E-state index in [1.165, 1.54) is 6.07 Å². The Morgan fingerprint density at radius 3 is 2.45 bits per heavy atom. The number of benzene rings is 1. The van der Waals surface area contributed by atoms with E-state index in [-0.39, 0.29) is 23.4 Å². The molecule has 4 N–H and O–H groups in total. The van der Waals surface area contributed by atoms with Gasteiger partial charge in [-0.15, -0.1) is 0 Å². The number of rotatable bonds is 2. The zero-order chi connectivity index (χ0) is 14.5. The largest absolute Gasteiger partial charge is 0.398 e. The summed E-state index contributed by atoms with van der Waals surface area (Å²) >= 11 is 0. The summed E-state index contributed by atoms with van der Waals surface area (Å²) in [4.78, 5) is 37.9. The first kappa shape index (κ1) is 12.8. The lowest BCUT2D eigenvalue weighted by atomic mass is 9.68. The van der Waals surface area contributed by atoms with Crippen molar-refractivity contribution in [3.63, 3.8) is 0 Å².